The van der Waals surface area contributed by atoms with Crippen molar-refractivity contribution in [2.45, 2.75) is 18.4 Å². The molecule has 1 aliphatic carbocycles. The Kier molecular flexibility index (Phi) is 2.79. The molecular weight excluding hydrogens is 276 g/mol. The number of rotatable bonds is 4. The van der Waals surface area contributed by atoms with Gasteiger partial charge in [-0.2, -0.15) is 0 Å². The van der Waals surface area contributed by atoms with Crippen LogP contribution in [0.2, 0.25) is 0 Å². The van der Waals surface area contributed by atoms with Gasteiger partial charge in [0.05, 0.1) is 11.1 Å². The first-order valence-electron chi connectivity index (χ1n) is 6.44. The van der Waals surface area contributed by atoms with Gasteiger partial charge in [-0.15, -0.1) is 0 Å². The van der Waals surface area contributed by atoms with E-state index < -0.39 is 35.8 Å². The molecule has 0 spiro atoms. The zero-order valence-electron chi connectivity index (χ0n) is 11.0. The van der Waals surface area contributed by atoms with E-state index in [-0.39, 0.29) is 11.1 Å². The van der Waals surface area contributed by atoms with Crippen LogP contribution in [0.4, 0.5) is 0 Å². The Morgan fingerprint density at radius 2 is 1.67 bits per heavy atom. The van der Waals surface area contributed by atoms with Crippen molar-refractivity contribution in [2.24, 2.45) is 0 Å². The number of fused-ring (bicyclic) bond motifs is 1. The van der Waals surface area contributed by atoms with E-state index in [0.29, 0.717) is 12.8 Å². The zero-order valence-corrected chi connectivity index (χ0v) is 11.0. The standard InChI is InChI=1S/C14H12N2O5/c17-10(15-14(5-6-14)13(20)21)7-16-11(18)8-3-1-2-4-9(8)12(16)19/h1-4H,5-7H2,(H,15,17)(H,20,21). The van der Waals surface area contributed by atoms with Gasteiger partial charge in [0, 0.05) is 0 Å². The minimum absolute atomic E-state index is 0.259. The normalized spacial score (nSPS) is 18.4. The van der Waals surface area contributed by atoms with Crippen molar-refractivity contribution in [1.29, 1.82) is 0 Å². The van der Waals surface area contributed by atoms with E-state index in [1.54, 1.807) is 12.1 Å². The predicted octanol–water partition coefficient (Wildman–Crippen LogP) is 0.0160. The second kappa shape index (κ2) is 4.41. The van der Waals surface area contributed by atoms with E-state index in [2.05, 4.69) is 5.32 Å². The van der Waals surface area contributed by atoms with E-state index in [1.807, 2.05) is 0 Å². The van der Waals surface area contributed by atoms with Crippen LogP contribution in [0, 0.1) is 0 Å². The molecule has 1 heterocycles. The highest BCUT2D eigenvalue weighted by Crippen LogP contribution is 2.35. The molecule has 2 aliphatic rings. The average molecular weight is 288 g/mol. The maximum atomic E-state index is 12.1. The number of nitrogens with zero attached hydrogens (tertiary/aromatic N) is 1. The van der Waals surface area contributed by atoms with Crippen LogP contribution in [-0.2, 0) is 9.59 Å². The third-order valence-corrected chi connectivity index (χ3v) is 3.72. The monoisotopic (exact) mass is 288 g/mol. The van der Waals surface area contributed by atoms with Crippen molar-refractivity contribution in [1.82, 2.24) is 10.2 Å². The summed E-state index contributed by atoms with van der Waals surface area (Å²) in [4.78, 5) is 47.8. The summed E-state index contributed by atoms with van der Waals surface area (Å²) in [7, 11) is 0. The third-order valence-electron chi connectivity index (χ3n) is 3.72. The highest BCUT2D eigenvalue weighted by molar-refractivity contribution is 6.22. The number of amides is 3. The summed E-state index contributed by atoms with van der Waals surface area (Å²) in [5, 5.41) is 11.4. The summed E-state index contributed by atoms with van der Waals surface area (Å²) >= 11 is 0. The maximum absolute atomic E-state index is 12.1. The summed E-state index contributed by atoms with van der Waals surface area (Å²) in [6.07, 6.45) is 0.715. The number of carboxylic acid groups (broad SMARTS) is 1. The summed E-state index contributed by atoms with van der Waals surface area (Å²) < 4.78 is 0. The largest absolute Gasteiger partial charge is 0.480 e. The first kappa shape index (κ1) is 13.3. The van der Waals surface area contributed by atoms with Crippen LogP contribution in [-0.4, -0.2) is 45.8 Å². The van der Waals surface area contributed by atoms with Gasteiger partial charge in [0.1, 0.15) is 12.1 Å². The van der Waals surface area contributed by atoms with E-state index in [4.69, 9.17) is 5.11 Å². The molecule has 7 nitrogen and oxygen atoms in total. The molecule has 108 valence electrons. The SMILES string of the molecule is O=C(CN1C(=O)c2ccccc2C1=O)NC1(C(=O)O)CC1. The van der Waals surface area contributed by atoms with Crippen LogP contribution in [0.15, 0.2) is 24.3 Å². The Bertz CT molecular complexity index is 643. The molecule has 3 rings (SSSR count). The molecule has 1 saturated carbocycles. The van der Waals surface area contributed by atoms with Gasteiger partial charge >= 0.3 is 5.97 Å². The fourth-order valence-electron chi connectivity index (χ4n) is 2.35. The number of carboxylic acids is 1. The van der Waals surface area contributed by atoms with Crippen molar-refractivity contribution < 1.29 is 24.3 Å². The van der Waals surface area contributed by atoms with Gasteiger partial charge in [0.25, 0.3) is 11.8 Å². The Hall–Kier alpha value is -2.70. The number of carbonyl (C=O) groups is 4. The van der Waals surface area contributed by atoms with Gasteiger partial charge in [-0.3, -0.25) is 19.3 Å². The molecule has 7 heteroatoms. The summed E-state index contributed by atoms with van der Waals surface area (Å²) in [6, 6.07) is 6.31. The first-order valence-corrected chi connectivity index (χ1v) is 6.44. The van der Waals surface area contributed by atoms with Crippen LogP contribution < -0.4 is 5.32 Å². The number of aliphatic carboxylic acids is 1. The Morgan fingerprint density at radius 1 is 1.14 bits per heavy atom. The van der Waals surface area contributed by atoms with Crippen LogP contribution in [0.5, 0.6) is 0 Å². The molecule has 0 bridgehead atoms. The molecule has 0 saturated heterocycles. The van der Waals surface area contributed by atoms with Crippen LogP contribution in [0.25, 0.3) is 0 Å². The maximum Gasteiger partial charge on any atom is 0.329 e. The highest BCUT2D eigenvalue weighted by Gasteiger charge is 2.52. The van der Waals surface area contributed by atoms with Crippen LogP contribution >= 0.6 is 0 Å². The number of nitrogens with one attached hydrogen (secondary N) is 1. The molecule has 1 aliphatic heterocycles. The quantitative estimate of drug-likeness (QED) is 0.760. The van der Waals surface area contributed by atoms with E-state index in [9.17, 15) is 19.2 Å². The van der Waals surface area contributed by atoms with Gasteiger partial charge in [0.15, 0.2) is 0 Å². The van der Waals surface area contributed by atoms with Gasteiger partial charge in [-0.25, -0.2) is 4.79 Å². The molecule has 21 heavy (non-hydrogen) atoms. The predicted molar refractivity (Wildman–Crippen MR) is 69.6 cm³/mol. The number of hydrogen-bond donors (Lipinski definition) is 2. The average Bonchev–Trinajstić information content (AvgIpc) is 3.20. The number of benzene rings is 1. The van der Waals surface area contributed by atoms with Gasteiger partial charge in [-0.05, 0) is 25.0 Å². The Morgan fingerprint density at radius 3 is 2.10 bits per heavy atom. The first-order chi connectivity index (χ1) is 9.94. The van der Waals surface area contributed by atoms with Gasteiger partial charge < -0.3 is 10.4 Å². The molecule has 0 unspecified atom stereocenters. The topological polar surface area (TPSA) is 104 Å². The summed E-state index contributed by atoms with van der Waals surface area (Å²) in [6.45, 7) is -0.471. The lowest BCUT2D eigenvalue weighted by atomic mass is 10.1. The van der Waals surface area contributed by atoms with Crippen molar-refractivity contribution >= 4 is 23.7 Å². The number of imide groups is 1. The van der Waals surface area contributed by atoms with Crippen molar-refractivity contribution in [3.05, 3.63) is 35.4 Å². The molecule has 3 amide bonds. The van der Waals surface area contributed by atoms with Crippen molar-refractivity contribution in [3.63, 3.8) is 0 Å². The van der Waals surface area contributed by atoms with Gasteiger partial charge in [-0.1, -0.05) is 12.1 Å². The lowest BCUT2D eigenvalue weighted by molar-refractivity contribution is -0.143. The molecule has 1 fully saturated rings. The smallest absolute Gasteiger partial charge is 0.329 e. The minimum atomic E-state index is -1.23. The number of carbonyl (C=O) groups excluding carboxylic acids is 3. The van der Waals surface area contributed by atoms with Crippen molar-refractivity contribution in [3.8, 4) is 0 Å². The highest BCUT2D eigenvalue weighted by atomic mass is 16.4. The van der Waals surface area contributed by atoms with Gasteiger partial charge in [0.2, 0.25) is 5.91 Å². The molecule has 1 aromatic carbocycles. The summed E-state index contributed by atoms with van der Waals surface area (Å²) in [5.41, 5.74) is -0.709. The third kappa shape index (κ3) is 2.06. The van der Waals surface area contributed by atoms with E-state index in [1.165, 1.54) is 12.1 Å². The number of hydrogen-bond acceptors (Lipinski definition) is 4. The van der Waals surface area contributed by atoms with E-state index in [0.717, 1.165) is 4.90 Å². The van der Waals surface area contributed by atoms with Crippen LogP contribution in [0.3, 0.4) is 0 Å². The fraction of sp³-hybridized carbons (Fsp3) is 0.286. The molecule has 0 atom stereocenters. The molecule has 0 radical (unpaired) electrons. The Balaban J connectivity index is 1.72. The fourth-order valence-corrected chi connectivity index (χ4v) is 2.35. The Labute approximate surface area is 119 Å². The zero-order chi connectivity index (χ0) is 15.2. The molecule has 2 N–H and O–H groups in total. The second-order valence-corrected chi connectivity index (χ2v) is 5.18. The van der Waals surface area contributed by atoms with Crippen LogP contribution in [0.1, 0.15) is 33.6 Å². The lowest BCUT2D eigenvalue weighted by Crippen LogP contribution is -2.48. The minimum Gasteiger partial charge on any atom is -0.480 e. The second-order valence-electron chi connectivity index (χ2n) is 5.18. The van der Waals surface area contributed by atoms with Crippen molar-refractivity contribution in [2.75, 3.05) is 6.54 Å². The van der Waals surface area contributed by atoms with E-state index >= 15 is 0 Å². The molecule has 1 aromatic rings. The molecular formula is C14H12N2O5. The summed E-state index contributed by atoms with van der Waals surface area (Å²) in [5.74, 6) is -2.82. The molecule has 0 aromatic heterocycles. The lowest BCUT2D eigenvalue weighted by Gasteiger charge is -2.16.